The smallest absolute Gasteiger partial charge is 0.125 e. The van der Waals surface area contributed by atoms with Crippen molar-refractivity contribution in [2.24, 2.45) is 11.8 Å². The molecular formula is C28H42F2N2O. The molecule has 3 aliphatic rings. The fourth-order valence-electron chi connectivity index (χ4n) is 5.86. The van der Waals surface area contributed by atoms with Crippen molar-refractivity contribution in [3.8, 4) is 0 Å². The molecule has 1 aromatic rings. The first kappa shape index (κ1) is 24.7. The van der Waals surface area contributed by atoms with Gasteiger partial charge in [-0.25, -0.2) is 8.78 Å². The molecule has 2 fully saturated rings. The summed E-state index contributed by atoms with van der Waals surface area (Å²) < 4.78 is 33.7. The van der Waals surface area contributed by atoms with E-state index in [1.54, 1.807) is 12.1 Å². The van der Waals surface area contributed by atoms with Gasteiger partial charge in [-0.05, 0) is 106 Å². The van der Waals surface area contributed by atoms with Gasteiger partial charge in [-0.3, -0.25) is 0 Å². The van der Waals surface area contributed by atoms with Crippen molar-refractivity contribution in [1.29, 1.82) is 0 Å². The molecule has 4 rings (SSSR count). The minimum absolute atomic E-state index is 0.168. The predicted molar refractivity (Wildman–Crippen MR) is 133 cm³/mol. The minimum atomic E-state index is -0.648. The predicted octanol–water partition coefficient (Wildman–Crippen LogP) is 6.48. The molecular weight excluding hydrogens is 418 g/mol. The van der Waals surface area contributed by atoms with Crippen LogP contribution >= 0.6 is 0 Å². The fourth-order valence-corrected chi connectivity index (χ4v) is 5.86. The summed E-state index contributed by atoms with van der Waals surface area (Å²) in [5.41, 5.74) is 3.52. The van der Waals surface area contributed by atoms with Gasteiger partial charge in [0.1, 0.15) is 12.0 Å². The molecule has 1 aromatic carbocycles. The molecule has 0 amide bonds. The number of hydrogen-bond donors (Lipinski definition) is 0. The monoisotopic (exact) mass is 460 g/mol. The van der Waals surface area contributed by atoms with Gasteiger partial charge in [0.15, 0.2) is 0 Å². The molecule has 0 radical (unpaired) electrons. The van der Waals surface area contributed by atoms with E-state index in [-0.39, 0.29) is 5.82 Å². The lowest BCUT2D eigenvalue weighted by molar-refractivity contribution is 0.102. The van der Waals surface area contributed by atoms with E-state index >= 15 is 0 Å². The van der Waals surface area contributed by atoms with E-state index in [4.69, 9.17) is 4.74 Å². The molecule has 1 saturated heterocycles. The van der Waals surface area contributed by atoms with Crippen LogP contribution < -0.4 is 4.90 Å². The molecule has 2 heterocycles. The summed E-state index contributed by atoms with van der Waals surface area (Å²) in [6.07, 6.45) is 10.6. The highest BCUT2D eigenvalue weighted by Crippen LogP contribution is 2.41. The van der Waals surface area contributed by atoms with E-state index in [0.29, 0.717) is 18.8 Å². The van der Waals surface area contributed by atoms with Crippen molar-refractivity contribution in [3.63, 3.8) is 0 Å². The number of anilines is 1. The zero-order valence-electron chi connectivity index (χ0n) is 20.4. The van der Waals surface area contributed by atoms with Crippen LogP contribution in [0.2, 0.25) is 0 Å². The zero-order chi connectivity index (χ0) is 23.0. The van der Waals surface area contributed by atoms with Gasteiger partial charge < -0.3 is 14.5 Å². The van der Waals surface area contributed by atoms with Crippen LogP contribution in [0.25, 0.3) is 5.57 Å². The summed E-state index contributed by atoms with van der Waals surface area (Å²) in [6.45, 7) is 9.11. The topological polar surface area (TPSA) is 15.7 Å². The summed E-state index contributed by atoms with van der Waals surface area (Å²) in [6, 6.07) is 5.27. The van der Waals surface area contributed by atoms with Crippen LogP contribution in [-0.2, 0) is 4.74 Å². The number of benzene rings is 1. The maximum atomic E-state index is 14.3. The third-order valence-electron chi connectivity index (χ3n) is 7.88. The van der Waals surface area contributed by atoms with Gasteiger partial charge in [0.05, 0.1) is 0 Å². The normalized spacial score (nSPS) is 24.9. The Hall–Kier alpha value is -1.46. The summed E-state index contributed by atoms with van der Waals surface area (Å²) in [5, 5.41) is 0. The lowest BCUT2D eigenvalue weighted by Crippen LogP contribution is -2.40. The Bertz CT molecular complexity index is 767. The van der Waals surface area contributed by atoms with Crippen molar-refractivity contribution < 1.29 is 13.5 Å². The molecule has 2 aliphatic heterocycles. The van der Waals surface area contributed by atoms with Gasteiger partial charge in [0.2, 0.25) is 0 Å². The molecule has 0 atom stereocenters. The number of rotatable bonds is 9. The average Bonchev–Trinajstić information content (AvgIpc) is 3.01. The van der Waals surface area contributed by atoms with Crippen LogP contribution in [0.3, 0.4) is 0 Å². The summed E-state index contributed by atoms with van der Waals surface area (Å²) >= 11 is 0. The molecule has 1 saturated carbocycles. The largest absolute Gasteiger partial charge is 0.381 e. The molecule has 33 heavy (non-hydrogen) atoms. The van der Waals surface area contributed by atoms with Gasteiger partial charge in [-0.15, -0.1) is 0 Å². The Morgan fingerprint density at radius 1 is 0.970 bits per heavy atom. The van der Waals surface area contributed by atoms with Crippen molar-refractivity contribution >= 4 is 11.3 Å². The molecule has 0 unspecified atom stereocenters. The number of piperidine rings is 1. The van der Waals surface area contributed by atoms with E-state index in [1.807, 2.05) is 6.07 Å². The van der Waals surface area contributed by atoms with Gasteiger partial charge in [-0.1, -0.05) is 13.0 Å². The maximum Gasteiger partial charge on any atom is 0.125 e. The first-order valence-electron chi connectivity index (χ1n) is 13.3. The van der Waals surface area contributed by atoms with Crippen molar-refractivity contribution in [1.82, 2.24) is 4.90 Å². The highest BCUT2D eigenvalue weighted by atomic mass is 19.1. The van der Waals surface area contributed by atoms with Crippen LogP contribution in [0.15, 0.2) is 24.3 Å². The number of hydrogen-bond acceptors (Lipinski definition) is 3. The summed E-state index contributed by atoms with van der Waals surface area (Å²) in [7, 11) is 0. The van der Waals surface area contributed by atoms with Crippen molar-refractivity contribution in [2.75, 3.05) is 50.8 Å². The lowest BCUT2D eigenvalue weighted by Gasteiger charge is -2.34. The Morgan fingerprint density at radius 2 is 1.76 bits per heavy atom. The highest BCUT2D eigenvalue weighted by molar-refractivity contribution is 5.79. The standard InChI is InChI=1S/C28H42F2N2O/c1-2-19-33-20-13-22-11-15-31(16-12-22)17-18-32-14-3-4-26(23-5-7-24(29)8-6-23)27-10-9-25(30)21-28(27)32/h4,9-10,21-24H,2-3,5-8,11-20H2,1H3. The summed E-state index contributed by atoms with van der Waals surface area (Å²) in [4.78, 5) is 4.96. The quantitative estimate of drug-likeness (QED) is 0.393. The molecule has 184 valence electrons. The molecule has 0 N–H and O–H groups in total. The Labute approximate surface area is 199 Å². The molecule has 0 bridgehead atoms. The number of ether oxygens (including phenoxy) is 1. The maximum absolute atomic E-state index is 14.3. The Kier molecular flexibility index (Phi) is 9.19. The number of likely N-dealkylation sites (tertiary alicyclic amines) is 1. The van der Waals surface area contributed by atoms with Crippen molar-refractivity contribution in [2.45, 2.75) is 70.9 Å². The second kappa shape index (κ2) is 12.3. The van der Waals surface area contributed by atoms with E-state index in [1.165, 1.54) is 30.4 Å². The van der Waals surface area contributed by atoms with Crippen molar-refractivity contribution in [3.05, 3.63) is 35.7 Å². The molecule has 3 nitrogen and oxygen atoms in total. The number of alkyl halides is 1. The third kappa shape index (κ3) is 6.79. The van der Waals surface area contributed by atoms with E-state index < -0.39 is 6.17 Å². The molecule has 1 aliphatic carbocycles. The SMILES string of the molecule is CCCOCCC1CCN(CCN2CCC=C(C3CCC(F)CC3)c3ccc(F)cc32)CC1. The van der Waals surface area contributed by atoms with Crippen LogP contribution in [0.1, 0.15) is 70.3 Å². The second-order valence-corrected chi connectivity index (χ2v) is 10.2. The Morgan fingerprint density at radius 3 is 2.52 bits per heavy atom. The number of fused-ring (bicyclic) bond motifs is 1. The first-order valence-corrected chi connectivity index (χ1v) is 13.3. The fraction of sp³-hybridized carbons (Fsp3) is 0.714. The van der Waals surface area contributed by atoms with Gasteiger partial charge in [0, 0.05) is 44.1 Å². The molecule has 0 spiro atoms. The number of allylic oxidation sites excluding steroid dienone is 1. The Balaban J connectivity index is 1.33. The number of halogens is 2. The first-order chi connectivity index (χ1) is 16.1. The molecule has 0 aromatic heterocycles. The van der Waals surface area contributed by atoms with Gasteiger partial charge in [-0.2, -0.15) is 0 Å². The van der Waals surface area contributed by atoms with E-state index in [0.717, 1.165) is 83.2 Å². The van der Waals surface area contributed by atoms with E-state index in [9.17, 15) is 8.78 Å². The number of nitrogens with zero attached hydrogens (tertiary/aromatic N) is 2. The van der Waals surface area contributed by atoms with E-state index in [2.05, 4.69) is 22.8 Å². The lowest BCUT2D eigenvalue weighted by atomic mass is 9.79. The zero-order valence-corrected chi connectivity index (χ0v) is 20.4. The highest BCUT2D eigenvalue weighted by Gasteiger charge is 2.28. The van der Waals surface area contributed by atoms with Crippen LogP contribution in [0.5, 0.6) is 0 Å². The summed E-state index contributed by atoms with van der Waals surface area (Å²) in [5.74, 6) is 1.03. The van der Waals surface area contributed by atoms with Crippen LogP contribution in [-0.4, -0.2) is 57.0 Å². The molecule has 5 heteroatoms. The minimum Gasteiger partial charge on any atom is -0.381 e. The third-order valence-corrected chi connectivity index (χ3v) is 7.88. The van der Waals surface area contributed by atoms with Crippen LogP contribution in [0, 0.1) is 17.7 Å². The van der Waals surface area contributed by atoms with Gasteiger partial charge in [0.25, 0.3) is 0 Å². The average molecular weight is 461 g/mol. The van der Waals surface area contributed by atoms with Gasteiger partial charge >= 0.3 is 0 Å². The van der Waals surface area contributed by atoms with Crippen LogP contribution in [0.4, 0.5) is 14.5 Å². The second-order valence-electron chi connectivity index (χ2n) is 10.2.